The summed E-state index contributed by atoms with van der Waals surface area (Å²) in [5.41, 5.74) is 0.433. The van der Waals surface area contributed by atoms with Crippen LogP contribution in [-0.4, -0.2) is 25.5 Å². The van der Waals surface area contributed by atoms with Gasteiger partial charge in [0.2, 0.25) is 0 Å². The van der Waals surface area contributed by atoms with Crippen molar-refractivity contribution in [1.29, 1.82) is 0 Å². The lowest BCUT2D eigenvalue weighted by atomic mass is 10.1. The fourth-order valence-corrected chi connectivity index (χ4v) is 4.30. The molecule has 0 aromatic heterocycles. The van der Waals surface area contributed by atoms with Gasteiger partial charge in [-0.15, -0.1) is 0 Å². The second-order valence-electron chi connectivity index (χ2n) is 4.45. The molecule has 98 valence electrons. The number of hydrogen-bond donors (Lipinski definition) is 1. The lowest BCUT2D eigenvalue weighted by molar-refractivity contribution is -0.137. The Hall–Kier alpha value is -2.08. The summed E-state index contributed by atoms with van der Waals surface area (Å²) in [6.45, 7) is 1.37. The average Bonchev–Trinajstić information content (AvgIpc) is 2.59. The third-order valence-corrected chi connectivity index (χ3v) is 5.25. The van der Waals surface area contributed by atoms with Gasteiger partial charge in [0.1, 0.15) is 6.04 Å². The molecule has 0 amide bonds. The number of hydrogen-bond acceptors (Lipinski definition) is 3. The molecule has 2 aromatic rings. The summed E-state index contributed by atoms with van der Waals surface area (Å²) in [6.07, 6.45) is 0. The summed E-state index contributed by atoms with van der Waals surface area (Å²) in [5, 5.41) is 10.5. The maximum Gasteiger partial charge on any atom is 0.327 e. The van der Waals surface area contributed by atoms with Crippen molar-refractivity contribution in [3.63, 3.8) is 0 Å². The zero-order chi connectivity index (χ0) is 13.8. The molecule has 0 radical (unpaired) electrons. The first kappa shape index (κ1) is 12.0. The monoisotopic (exact) mass is 277 g/mol. The Labute approximate surface area is 110 Å². The van der Waals surface area contributed by atoms with Gasteiger partial charge >= 0.3 is 5.97 Å². The normalized spacial score (nSPS) is 17.6. The predicted octanol–water partition coefficient (Wildman–Crippen LogP) is 1.82. The molecule has 2 aromatic carbocycles. The standard InChI is InChI=1S/C13H11NO4S/c1-8(13(15)16)14-10-6-2-4-9-5-3-7-11(12(9)10)19(14,17)18/h2-8H,1H3,(H,15,16)/t8-/m0/s1. The van der Waals surface area contributed by atoms with Gasteiger partial charge in [0.25, 0.3) is 10.0 Å². The van der Waals surface area contributed by atoms with Gasteiger partial charge < -0.3 is 5.11 Å². The molecule has 5 nitrogen and oxygen atoms in total. The first-order valence-corrected chi connectivity index (χ1v) is 7.17. The summed E-state index contributed by atoms with van der Waals surface area (Å²) < 4.78 is 25.9. The molecule has 0 saturated carbocycles. The van der Waals surface area contributed by atoms with E-state index in [9.17, 15) is 13.2 Å². The smallest absolute Gasteiger partial charge is 0.327 e. The minimum Gasteiger partial charge on any atom is -0.480 e. The second-order valence-corrected chi connectivity index (χ2v) is 6.23. The first-order valence-electron chi connectivity index (χ1n) is 5.73. The minimum absolute atomic E-state index is 0.175. The van der Waals surface area contributed by atoms with Crippen molar-refractivity contribution in [2.24, 2.45) is 0 Å². The number of benzene rings is 2. The lowest BCUT2D eigenvalue weighted by Gasteiger charge is -2.22. The van der Waals surface area contributed by atoms with Crippen molar-refractivity contribution in [2.75, 3.05) is 4.31 Å². The third kappa shape index (κ3) is 1.46. The van der Waals surface area contributed by atoms with E-state index in [1.807, 2.05) is 12.1 Å². The van der Waals surface area contributed by atoms with Crippen molar-refractivity contribution < 1.29 is 18.3 Å². The molecule has 1 aliphatic heterocycles. The first-order chi connectivity index (χ1) is 8.94. The Bertz CT molecular complexity index is 792. The van der Waals surface area contributed by atoms with Crippen molar-refractivity contribution in [1.82, 2.24) is 0 Å². The molecular weight excluding hydrogens is 266 g/mol. The molecule has 6 heteroatoms. The largest absolute Gasteiger partial charge is 0.480 e. The number of carbonyl (C=O) groups is 1. The van der Waals surface area contributed by atoms with Crippen LogP contribution in [0.4, 0.5) is 5.69 Å². The van der Waals surface area contributed by atoms with E-state index in [0.717, 1.165) is 9.69 Å². The van der Waals surface area contributed by atoms with E-state index in [1.54, 1.807) is 18.2 Å². The molecule has 0 aliphatic carbocycles. The van der Waals surface area contributed by atoms with Gasteiger partial charge in [-0.1, -0.05) is 24.3 Å². The average molecular weight is 277 g/mol. The summed E-state index contributed by atoms with van der Waals surface area (Å²) in [7, 11) is -3.79. The van der Waals surface area contributed by atoms with E-state index in [-0.39, 0.29) is 4.90 Å². The van der Waals surface area contributed by atoms with E-state index >= 15 is 0 Å². The number of rotatable bonds is 2. The summed E-state index contributed by atoms with van der Waals surface area (Å²) in [4.78, 5) is 11.3. The molecule has 0 fully saturated rings. The van der Waals surface area contributed by atoms with Gasteiger partial charge in [-0.05, 0) is 24.4 Å². The molecule has 0 saturated heterocycles. The molecule has 0 unspecified atom stereocenters. The highest BCUT2D eigenvalue weighted by molar-refractivity contribution is 7.93. The van der Waals surface area contributed by atoms with Crippen molar-refractivity contribution >= 4 is 32.5 Å². The van der Waals surface area contributed by atoms with Crippen LogP contribution in [0.3, 0.4) is 0 Å². The Kier molecular flexibility index (Phi) is 2.34. The predicted molar refractivity (Wildman–Crippen MR) is 70.7 cm³/mol. The molecule has 1 atom stereocenters. The Balaban J connectivity index is 2.39. The van der Waals surface area contributed by atoms with E-state index in [4.69, 9.17) is 5.11 Å². The van der Waals surface area contributed by atoms with Crippen LogP contribution in [-0.2, 0) is 14.8 Å². The van der Waals surface area contributed by atoms with Gasteiger partial charge in [0.15, 0.2) is 0 Å². The molecule has 1 N–H and O–H groups in total. The second kappa shape index (κ2) is 3.71. The van der Waals surface area contributed by atoms with Crippen LogP contribution in [0.15, 0.2) is 41.3 Å². The van der Waals surface area contributed by atoms with Gasteiger partial charge in [0, 0.05) is 5.39 Å². The van der Waals surface area contributed by atoms with Gasteiger partial charge in [-0.2, -0.15) is 0 Å². The molecule has 0 spiro atoms. The molecule has 3 rings (SSSR count). The summed E-state index contributed by atoms with van der Waals surface area (Å²) in [6, 6.07) is 9.02. The number of sulfonamides is 1. The summed E-state index contributed by atoms with van der Waals surface area (Å²) >= 11 is 0. The highest BCUT2D eigenvalue weighted by Crippen LogP contribution is 2.42. The van der Waals surface area contributed by atoms with Gasteiger partial charge in [0.05, 0.1) is 10.6 Å². The van der Waals surface area contributed by atoms with Crippen LogP contribution < -0.4 is 4.31 Å². The zero-order valence-electron chi connectivity index (χ0n) is 10.1. The van der Waals surface area contributed by atoms with Crippen LogP contribution in [0.1, 0.15) is 6.92 Å². The van der Waals surface area contributed by atoms with Crippen LogP contribution in [0.25, 0.3) is 10.8 Å². The fraction of sp³-hybridized carbons (Fsp3) is 0.154. The topological polar surface area (TPSA) is 74.7 Å². The SMILES string of the molecule is C[C@@H](C(=O)O)N1c2cccc3cccc(c23)S1(=O)=O. The third-order valence-electron chi connectivity index (χ3n) is 3.33. The molecule has 1 aliphatic rings. The van der Waals surface area contributed by atoms with E-state index in [0.29, 0.717) is 11.1 Å². The highest BCUT2D eigenvalue weighted by Gasteiger charge is 2.40. The fourth-order valence-electron chi connectivity index (χ4n) is 2.44. The minimum atomic E-state index is -3.79. The van der Waals surface area contributed by atoms with E-state index in [1.165, 1.54) is 13.0 Å². The summed E-state index contributed by atoms with van der Waals surface area (Å²) in [5.74, 6) is -1.17. The van der Waals surface area contributed by atoms with E-state index < -0.39 is 22.0 Å². The maximum atomic E-state index is 12.5. The van der Waals surface area contributed by atoms with Crippen LogP contribution in [0.2, 0.25) is 0 Å². The lowest BCUT2D eigenvalue weighted by Crippen LogP contribution is -2.41. The van der Waals surface area contributed by atoms with Crippen LogP contribution in [0.5, 0.6) is 0 Å². The zero-order valence-corrected chi connectivity index (χ0v) is 10.9. The quantitative estimate of drug-likeness (QED) is 0.908. The van der Waals surface area contributed by atoms with Crippen LogP contribution in [0, 0.1) is 0 Å². The van der Waals surface area contributed by atoms with E-state index in [2.05, 4.69) is 0 Å². The Morgan fingerprint density at radius 1 is 1.21 bits per heavy atom. The van der Waals surface area contributed by atoms with Crippen LogP contribution >= 0.6 is 0 Å². The molecule has 0 bridgehead atoms. The number of nitrogens with zero attached hydrogens (tertiary/aromatic N) is 1. The Morgan fingerprint density at radius 3 is 2.47 bits per heavy atom. The van der Waals surface area contributed by atoms with Crippen molar-refractivity contribution in [2.45, 2.75) is 17.9 Å². The molecule has 19 heavy (non-hydrogen) atoms. The molecule has 1 heterocycles. The highest BCUT2D eigenvalue weighted by atomic mass is 32.2. The maximum absolute atomic E-state index is 12.5. The number of aliphatic carboxylic acids is 1. The molecular formula is C13H11NO4S. The number of carboxylic acids is 1. The Morgan fingerprint density at radius 2 is 1.84 bits per heavy atom. The van der Waals surface area contributed by atoms with Crippen molar-refractivity contribution in [3.05, 3.63) is 36.4 Å². The number of carboxylic acid groups (broad SMARTS) is 1. The van der Waals surface area contributed by atoms with Crippen molar-refractivity contribution in [3.8, 4) is 0 Å². The number of anilines is 1. The van der Waals surface area contributed by atoms with Gasteiger partial charge in [-0.3, -0.25) is 4.31 Å². The van der Waals surface area contributed by atoms with Gasteiger partial charge in [-0.25, -0.2) is 13.2 Å².